The minimum Gasteiger partial charge on any atom is -0.495 e. The molecule has 0 spiro atoms. The monoisotopic (exact) mass is 428 g/mol. The van der Waals surface area contributed by atoms with Crippen LogP contribution in [0.5, 0.6) is 5.75 Å². The third-order valence-electron chi connectivity index (χ3n) is 4.44. The Bertz CT molecular complexity index is 948. The second-order valence-electron chi connectivity index (χ2n) is 6.28. The number of halogens is 1. The quantitative estimate of drug-likeness (QED) is 0.511. The summed E-state index contributed by atoms with van der Waals surface area (Å²) < 4.78 is 5.17. The normalized spacial score (nSPS) is 11.5. The molecular weight excluding hydrogens is 408 g/mol. The van der Waals surface area contributed by atoms with Gasteiger partial charge in [0.1, 0.15) is 11.8 Å². The molecule has 3 rings (SSSR count). The Hall–Kier alpha value is -2.83. The second kappa shape index (κ2) is 10.1. The third kappa shape index (κ3) is 5.16. The summed E-state index contributed by atoms with van der Waals surface area (Å²) in [6.07, 6.45) is 1.36. The smallest absolute Gasteiger partial charge is 0.248 e. The molecule has 150 valence electrons. The van der Waals surface area contributed by atoms with Gasteiger partial charge in [0.25, 0.3) is 0 Å². The van der Waals surface area contributed by atoms with Gasteiger partial charge in [-0.2, -0.15) is 0 Å². The van der Waals surface area contributed by atoms with E-state index in [1.807, 2.05) is 47.8 Å². The van der Waals surface area contributed by atoms with E-state index in [1.54, 1.807) is 18.2 Å². The van der Waals surface area contributed by atoms with Gasteiger partial charge in [0.15, 0.2) is 0 Å². The van der Waals surface area contributed by atoms with Gasteiger partial charge in [-0.1, -0.05) is 48.0 Å². The molecule has 0 aliphatic heterocycles. The van der Waals surface area contributed by atoms with Crippen LogP contribution in [-0.2, 0) is 16.0 Å². The third-order valence-corrected chi connectivity index (χ3v) is 5.66. The molecule has 5 nitrogen and oxygen atoms in total. The molecule has 0 saturated carbocycles. The molecule has 1 aromatic heterocycles. The highest BCUT2D eigenvalue weighted by molar-refractivity contribution is 7.10. The van der Waals surface area contributed by atoms with Crippen LogP contribution in [0.25, 0.3) is 0 Å². The highest BCUT2D eigenvalue weighted by Gasteiger charge is 2.29. The summed E-state index contributed by atoms with van der Waals surface area (Å²) in [6, 6.07) is 17.8. The maximum Gasteiger partial charge on any atom is 0.248 e. The lowest BCUT2D eigenvalue weighted by molar-refractivity contribution is -0.124. The minimum absolute atomic E-state index is 0.248. The van der Waals surface area contributed by atoms with E-state index in [9.17, 15) is 9.59 Å². The van der Waals surface area contributed by atoms with Crippen molar-refractivity contribution in [1.29, 1.82) is 0 Å². The van der Waals surface area contributed by atoms with Crippen LogP contribution in [0.2, 0.25) is 5.02 Å². The Morgan fingerprint density at radius 2 is 2.00 bits per heavy atom. The molecule has 3 aromatic rings. The van der Waals surface area contributed by atoms with Gasteiger partial charge in [0, 0.05) is 17.1 Å². The first kappa shape index (κ1) is 20.9. The number of thiophene rings is 1. The van der Waals surface area contributed by atoms with Crippen LogP contribution in [0.3, 0.4) is 0 Å². The van der Waals surface area contributed by atoms with Crippen LogP contribution in [0, 0.1) is 0 Å². The maximum atomic E-state index is 13.1. The van der Waals surface area contributed by atoms with E-state index in [2.05, 4.69) is 5.32 Å². The number of hydrogen-bond donors (Lipinski definition) is 1. The Morgan fingerprint density at radius 1 is 1.21 bits per heavy atom. The molecule has 2 amide bonds. The lowest BCUT2D eigenvalue weighted by Gasteiger charge is -2.27. The summed E-state index contributed by atoms with van der Waals surface area (Å²) in [5.41, 5.74) is 1.65. The lowest BCUT2D eigenvalue weighted by Crippen LogP contribution is -2.40. The molecule has 0 fully saturated rings. The van der Waals surface area contributed by atoms with E-state index < -0.39 is 6.04 Å². The number of anilines is 1. The molecular formula is C22H21ClN2O3S. The summed E-state index contributed by atoms with van der Waals surface area (Å²) in [4.78, 5) is 27.2. The Kier molecular flexibility index (Phi) is 7.27. The van der Waals surface area contributed by atoms with Gasteiger partial charge in [-0.25, -0.2) is 0 Å². The summed E-state index contributed by atoms with van der Waals surface area (Å²) >= 11 is 7.65. The van der Waals surface area contributed by atoms with E-state index in [-0.39, 0.29) is 5.91 Å². The summed E-state index contributed by atoms with van der Waals surface area (Å²) in [5, 5.41) is 5.20. The molecule has 2 aromatic carbocycles. The van der Waals surface area contributed by atoms with Crippen LogP contribution in [0.1, 0.15) is 16.5 Å². The second-order valence-corrected chi connectivity index (χ2v) is 7.66. The number of ether oxygens (including phenoxy) is 1. The van der Waals surface area contributed by atoms with Crippen molar-refractivity contribution in [3.05, 3.63) is 81.5 Å². The number of nitrogens with one attached hydrogen (secondary N) is 1. The summed E-state index contributed by atoms with van der Waals surface area (Å²) in [6.45, 7) is 0.473. The van der Waals surface area contributed by atoms with Crippen LogP contribution in [-0.4, -0.2) is 26.0 Å². The highest BCUT2D eigenvalue weighted by Crippen LogP contribution is 2.34. The molecule has 29 heavy (non-hydrogen) atoms. The maximum absolute atomic E-state index is 13.1. The topological polar surface area (TPSA) is 58.6 Å². The van der Waals surface area contributed by atoms with Crippen molar-refractivity contribution < 1.29 is 14.3 Å². The average molecular weight is 429 g/mol. The molecule has 0 bridgehead atoms. The summed E-state index contributed by atoms with van der Waals surface area (Å²) in [5.74, 6) is 0.253. The largest absolute Gasteiger partial charge is 0.495 e. The number of hydrogen-bond acceptors (Lipinski definition) is 4. The fourth-order valence-electron chi connectivity index (χ4n) is 3.00. The van der Waals surface area contributed by atoms with E-state index in [0.717, 1.165) is 10.4 Å². The van der Waals surface area contributed by atoms with Gasteiger partial charge in [0.2, 0.25) is 12.3 Å². The fourth-order valence-corrected chi connectivity index (χ4v) is 4.07. The van der Waals surface area contributed by atoms with Crippen LogP contribution in [0.15, 0.2) is 66.0 Å². The van der Waals surface area contributed by atoms with Crippen LogP contribution in [0.4, 0.5) is 5.69 Å². The first-order valence-electron chi connectivity index (χ1n) is 9.06. The van der Waals surface area contributed by atoms with E-state index in [0.29, 0.717) is 35.8 Å². The van der Waals surface area contributed by atoms with Crippen molar-refractivity contribution in [2.24, 2.45) is 0 Å². The molecule has 0 radical (unpaired) electrons. The molecule has 1 atom stereocenters. The molecule has 1 unspecified atom stereocenters. The first-order valence-corrected chi connectivity index (χ1v) is 10.3. The molecule has 1 N–H and O–H groups in total. The number of methoxy groups -OCH3 is 1. The highest BCUT2D eigenvalue weighted by atomic mass is 35.5. The van der Waals surface area contributed by atoms with Gasteiger partial charge in [-0.15, -0.1) is 11.3 Å². The van der Waals surface area contributed by atoms with E-state index in [4.69, 9.17) is 16.3 Å². The van der Waals surface area contributed by atoms with E-state index in [1.165, 1.54) is 23.3 Å². The van der Waals surface area contributed by atoms with Gasteiger partial charge >= 0.3 is 0 Å². The van der Waals surface area contributed by atoms with Gasteiger partial charge < -0.3 is 10.1 Å². The number of benzene rings is 2. The van der Waals surface area contributed by atoms with Crippen molar-refractivity contribution in [3.63, 3.8) is 0 Å². The van der Waals surface area contributed by atoms with Crippen LogP contribution < -0.4 is 15.0 Å². The van der Waals surface area contributed by atoms with Crippen molar-refractivity contribution in [2.45, 2.75) is 12.5 Å². The predicted octanol–water partition coefficient (Wildman–Crippen LogP) is 4.47. The Balaban J connectivity index is 1.81. The number of carbonyl (C=O) groups is 2. The van der Waals surface area contributed by atoms with Crippen molar-refractivity contribution in [3.8, 4) is 5.75 Å². The predicted molar refractivity (Wildman–Crippen MR) is 117 cm³/mol. The van der Waals surface area contributed by atoms with E-state index >= 15 is 0 Å². The first-order chi connectivity index (χ1) is 14.1. The number of nitrogens with zero attached hydrogens (tertiary/aromatic N) is 1. The van der Waals surface area contributed by atoms with Gasteiger partial charge in [-0.3, -0.25) is 14.5 Å². The molecule has 0 aliphatic rings. The van der Waals surface area contributed by atoms with Crippen molar-refractivity contribution in [2.75, 3.05) is 18.6 Å². The SMILES string of the molecule is COc1ccc(N(C=O)C(C(=O)NCCc2ccccc2)c2cccs2)cc1Cl. The van der Waals surface area contributed by atoms with Gasteiger partial charge in [-0.05, 0) is 41.6 Å². The van der Waals surface area contributed by atoms with Crippen molar-refractivity contribution in [1.82, 2.24) is 5.32 Å². The fraction of sp³-hybridized carbons (Fsp3) is 0.182. The molecule has 0 saturated heterocycles. The Morgan fingerprint density at radius 3 is 2.62 bits per heavy atom. The zero-order chi connectivity index (χ0) is 20.6. The van der Waals surface area contributed by atoms with Gasteiger partial charge in [0.05, 0.1) is 12.1 Å². The number of rotatable bonds is 9. The average Bonchev–Trinajstić information content (AvgIpc) is 3.26. The standard InChI is InChI=1S/C22H21ClN2O3S/c1-28-19-10-9-17(14-18(19)23)25(15-26)21(20-8-5-13-29-20)22(27)24-12-11-16-6-3-2-4-7-16/h2-10,13-15,21H,11-12H2,1H3,(H,24,27). The molecule has 1 heterocycles. The zero-order valence-electron chi connectivity index (χ0n) is 15.9. The zero-order valence-corrected chi connectivity index (χ0v) is 17.5. The summed E-state index contributed by atoms with van der Waals surface area (Å²) in [7, 11) is 1.52. The van der Waals surface area contributed by atoms with Crippen LogP contribution >= 0.6 is 22.9 Å². The molecule has 7 heteroatoms. The number of carbonyl (C=O) groups excluding carboxylic acids is 2. The Labute approximate surface area is 178 Å². The minimum atomic E-state index is -0.785. The lowest BCUT2D eigenvalue weighted by atomic mass is 10.1. The number of amides is 2. The molecule has 0 aliphatic carbocycles. The van der Waals surface area contributed by atoms with Crippen molar-refractivity contribution >= 4 is 40.9 Å².